The number of hydrogen-bond donors (Lipinski definition) is 1. The van der Waals surface area contributed by atoms with E-state index in [0.29, 0.717) is 5.70 Å². The predicted molar refractivity (Wildman–Crippen MR) is 48.9 cm³/mol. The Bertz CT molecular complexity index is 296. The molecule has 1 aliphatic heterocycles. The fourth-order valence-electron chi connectivity index (χ4n) is 1.64. The Hall–Kier alpha value is -1.14. The van der Waals surface area contributed by atoms with E-state index in [4.69, 9.17) is 0 Å². The molecule has 14 heavy (non-hydrogen) atoms. The second kappa shape index (κ2) is 2.93. The van der Waals surface area contributed by atoms with Crippen LogP contribution in [0, 0.1) is 10.1 Å². The summed E-state index contributed by atoms with van der Waals surface area (Å²) in [5.41, 5.74) is -1.34. The summed E-state index contributed by atoms with van der Waals surface area (Å²) < 4.78 is 0. The number of rotatable bonds is 1. The predicted octanol–water partition coefficient (Wildman–Crippen LogP) is 0.870. The van der Waals surface area contributed by atoms with Gasteiger partial charge in [-0.3, -0.25) is 10.1 Å². The monoisotopic (exact) mass is 200 g/mol. The van der Waals surface area contributed by atoms with Crippen molar-refractivity contribution in [1.82, 2.24) is 10.4 Å². The molecule has 0 aromatic carbocycles. The molecule has 0 amide bonds. The van der Waals surface area contributed by atoms with Crippen molar-refractivity contribution in [3.63, 3.8) is 0 Å². The van der Waals surface area contributed by atoms with E-state index in [1.165, 1.54) is 0 Å². The highest BCUT2D eigenvalue weighted by Gasteiger charge is 2.50. The highest BCUT2D eigenvalue weighted by atomic mass is 16.6. The van der Waals surface area contributed by atoms with Crippen LogP contribution in [0.1, 0.15) is 27.7 Å². The molecule has 1 rings (SSSR count). The molecule has 0 unspecified atom stereocenters. The van der Waals surface area contributed by atoms with E-state index < -0.39 is 16.1 Å². The molecule has 6 heteroatoms. The topological polar surface area (TPSA) is 78.3 Å². The van der Waals surface area contributed by atoms with Gasteiger partial charge in [0.2, 0.25) is 0 Å². The number of nitro groups is 1. The van der Waals surface area contributed by atoms with Gasteiger partial charge in [-0.25, -0.2) is 0 Å². The van der Waals surface area contributed by atoms with Crippen molar-refractivity contribution < 1.29 is 10.1 Å². The highest BCUT2D eigenvalue weighted by molar-refractivity contribution is 5.21. The van der Waals surface area contributed by atoms with Crippen molar-refractivity contribution in [1.29, 1.82) is 0 Å². The second-order valence-electron chi connectivity index (χ2n) is 4.37. The molecule has 79 valence electrons. The van der Waals surface area contributed by atoms with Crippen molar-refractivity contribution >= 4 is 0 Å². The first-order valence-corrected chi connectivity index (χ1v) is 4.29. The molecule has 6 nitrogen and oxygen atoms in total. The van der Waals surface area contributed by atoms with E-state index >= 15 is 0 Å². The first kappa shape index (κ1) is 10.9. The number of hydrogen-bond acceptors (Lipinski definition) is 4. The first-order valence-electron chi connectivity index (χ1n) is 4.29. The highest BCUT2D eigenvalue weighted by Crippen LogP contribution is 2.34. The Morgan fingerprint density at radius 2 is 1.93 bits per heavy atom. The Balaban J connectivity index is 3.09. The molecule has 0 aliphatic carbocycles. The minimum Gasteiger partial charge on any atom is -0.362 e. The van der Waals surface area contributed by atoms with Gasteiger partial charge in [-0.1, -0.05) is 0 Å². The third-order valence-corrected chi connectivity index (χ3v) is 2.35. The summed E-state index contributed by atoms with van der Waals surface area (Å²) in [5, 5.41) is 25.7. The number of nitrogens with one attached hydrogen (secondary N) is 1. The summed E-state index contributed by atoms with van der Waals surface area (Å²) >= 11 is 0. The van der Waals surface area contributed by atoms with Crippen LogP contribution in [0.25, 0.3) is 0 Å². The summed E-state index contributed by atoms with van der Waals surface area (Å²) in [6.45, 7) is 6.67. The maximum Gasteiger partial charge on any atom is 0.255 e. The van der Waals surface area contributed by atoms with E-state index in [-0.39, 0.29) is 0 Å². The van der Waals surface area contributed by atoms with Crippen LogP contribution in [0.5, 0.6) is 0 Å². The molecule has 1 fully saturated rings. The summed E-state index contributed by atoms with van der Waals surface area (Å²) in [5.74, 6) is 0. The molecule has 0 bridgehead atoms. The maximum absolute atomic E-state index is 11.7. The van der Waals surface area contributed by atoms with Crippen LogP contribution in [-0.4, -0.2) is 21.2 Å². The van der Waals surface area contributed by atoms with Crippen molar-refractivity contribution in [3.8, 4) is 0 Å². The zero-order chi connectivity index (χ0) is 11.1. The zero-order valence-electron chi connectivity index (χ0n) is 8.70. The molecule has 0 aromatic rings. The van der Waals surface area contributed by atoms with Crippen molar-refractivity contribution in [2.45, 2.75) is 38.9 Å². The van der Waals surface area contributed by atoms with Gasteiger partial charge in [0.25, 0.3) is 6.20 Å². The third-order valence-electron chi connectivity index (χ3n) is 2.35. The first-order chi connectivity index (χ1) is 6.18. The van der Waals surface area contributed by atoms with Crippen LogP contribution in [0.4, 0.5) is 0 Å². The molecular formula is C8H14N3O3. The molecule has 0 aromatic heterocycles. The van der Waals surface area contributed by atoms with Gasteiger partial charge in [0.15, 0.2) is 0 Å². The van der Waals surface area contributed by atoms with Crippen LogP contribution in [0.2, 0.25) is 0 Å². The van der Waals surface area contributed by atoms with Gasteiger partial charge in [-0.15, -0.1) is 10.3 Å². The van der Waals surface area contributed by atoms with E-state index in [1.807, 2.05) is 0 Å². The molecule has 0 atom stereocenters. The summed E-state index contributed by atoms with van der Waals surface area (Å²) in [6.07, 6.45) is 0.847. The standard InChI is InChI=1S/C8H14N3O3/c1-7(2)6(5-10(12)13)9-8(3,4)11(7)14/h5,9H,1-4H3. The van der Waals surface area contributed by atoms with Crippen molar-refractivity contribution in [2.75, 3.05) is 0 Å². The lowest BCUT2D eigenvalue weighted by Crippen LogP contribution is -2.47. The molecule has 1 N–H and O–H groups in total. The average Bonchev–Trinajstić information content (AvgIpc) is 2.12. The van der Waals surface area contributed by atoms with Gasteiger partial charge in [-0.2, -0.15) is 0 Å². The minimum atomic E-state index is -0.878. The fourth-order valence-corrected chi connectivity index (χ4v) is 1.64. The van der Waals surface area contributed by atoms with E-state index in [2.05, 4.69) is 5.32 Å². The Kier molecular flexibility index (Phi) is 2.29. The molecule has 1 aliphatic rings. The molecule has 1 heterocycles. The Morgan fingerprint density at radius 3 is 2.21 bits per heavy atom. The normalized spacial score (nSPS) is 27.6. The molecule has 0 spiro atoms. The number of nitrogens with zero attached hydrogens (tertiary/aromatic N) is 2. The lowest BCUT2D eigenvalue weighted by Gasteiger charge is -2.29. The lowest BCUT2D eigenvalue weighted by atomic mass is 10.0. The van der Waals surface area contributed by atoms with Crippen LogP contribution in [0.3, 0.4) is 0 Å². The molecule has 0 saturated carbocycles. The van der Waals surface area contributed by atoms with Gasteiger partial charge < -0.3 is 5.32 Å². The largest absolute Gasteiger partial charge is 0.362 e. The van der Waals surface area contributed by atoms with Crippen LogP contribution in [0.15, 0.2) is 11.9 Å². The second-order valence-corrected chi connectivity index (χ2v) is 4.37. The maximum atomic E-state index is 11.7. The van der Waals surface area contributed by atoms with Crippen molar-refractivity contribution in [3.05, 3.63) is 22.0 Å². The van der Waals surface area contributed by atoms with Crippen LogP contribution >= 0.6 is 0 Å². The summed E-state index contributed by atoms with van der Waals surface area (Å²) in [4.78, 5) is 9.77. The van der Waals surface area contributed by atoms with Crippen LogP contribution < -0.4 is 5.32 Å². The number of hydroxylamine groups is 2. The molecular weight excluding hydrogens is 186 g/mol. The van der Waals surface area contributed by atoms with E-state index in [1.54, 1.807) is 27.7 Å². The van der Waals surface area contributed by atoms with Crippen LogP contribution in [-0.2, 0) is 5.21 Å². The lowest BCUT2D eigenvalue weighted by molar-refractivity contribution is -0.404. The van der Waals surface area contributed by atoms with E-state index in [0.717, 1.165) is 11.3 Å². The van der Waals surface area contributed by atoms with Gasteiger partial charge in [0.1, 0.15) is 11.4 Å². The van der Waals surface area contributed by atoms with Gasteiger partial charge in [0.05, 0.1) is 10.5 Å². The van der Waals surface area contributed by atoms with Crippen molar-refractivity contribution in [2.24, 2.45) is 0 Å². The molecule has 1 saturated heterocycles. The molecule has 1 radical (unpaired) electrons. The summed E-state index contributed by atoms with van der Waals surface area (Å²) in [6, 6.07) is 0. The average molecular weight is 200 g/mol. The quantitative estimate of drug-likeness (QED) is 0.503. The smallest absolute Gasteiger partial charge is 0.255 e. The SMILES string of the molecule is CC1(C)NC(=C[N+](=O)[O-])C(C)(C)N1[O]. The Labute approximate surface area is 82.3 Å². The van der Waals surface area contributed by atoms with Gasteiger partial charge in [-0.05, 0) is 27.7 Å². The van der Waals surface area contributed by atoms with E-state index in [9.17, 15) is 15.3 Å². The summed E-state index contributed by atoms with van der Waals surface area (Å²) in [7, 11) is 0. The third kappa shape index (κ3) is 1.58. The fraction of sp³-hybridized carbons (Fsp3) is 0.750. The minimum absolute atomic E-state index is 0.336. The van der Waals surface area contributed by atoms with Gasteiger partial charge >= 0.3 is 0 Å². The van der Waals surface area contributed by atoms with Gasteiger partial charge in [0, 0.05) is 0 Å². The zero-order valence-corrected chi connectivity index (χ0v) is 8.70. The Morgan fingerprint density at radius 1 is 1.43 bits per heavy atom.